The van der Waals surface area contributed by atoms with Crippen molar-refractivity contribution in [1.29, 1.82) is 0 Å². The number of anilines is 1. The lowest BCUT2D eigenvalue weighted by Crippen LogP contribution is -2.31. The van der Waals surface area contributed by atoms with Crippen molar-refractivity contribution in [2.75, 3.05) is 5.32 Å². The second kappa shape index (κ2) is 5.44. The summed E-state index contributed by atoms with van der Waals surface area (Å²) in [6.45, 7) is 5.84. The van der Waals surface area contributed by atoms with Crippen LogP contribution in [0.2, 0.25) is 0 Å². The van der Waals surface area contributed by atoms with Crippen LogP contribution in [0.3, 0.4) is 0 Å². The van der Waals surface area contributed by atoms with Gasteiger partial charge in [0.25, 0.3) is 0 Å². The number of nitrogens with zero attached hydrogens (tertiary/aromatic N) is 2. The SMILES string of the molecule is Cc1cnc(N[C@H](CC(C)C)C(=O)O)nc1. The van der Waals surface area contributed by atoms with Crippen LogP contribution in [0.5, 0.6) is 0 Å². The van der Waals surface area contributed by atoms with Crippen LogP contribution < -0.4 is 5.32 Å². The van der Waals surface area contributed by atoms with Gasteiger partial charge in [0.1, 0.15) is 6.04 Å². The van der Waals surface area contributed by atoms with Gasteiger partial charge in [-0.25, -0.2) is 14.8 Å². The number of rotatable bonds is 5. The Bertz CT molecular complexity index is 349. The molecule has 0 bridgehead atoms. The van der Waals surface area contributed by atoms with E-state index in [0.29, 0.717) is 18.3 Å². The fourth-order valence-electron chi connectivity index (χ4n) is 1.32. The van der Waals surface area contributed by atoms with Crippen LogP contribution in [-0.2, 0) is 4.79 Å². The van der Waals surface area contributed by atoms with Gasteiger partial charge in [-0.2, -0.15) is 0 Å². The van der Waals surface area contributed by atoms with Crippen LogP contribution in [0.15, 0.2) is 12.4 Å². The summed E-state index contributed by atoms with van der Waals surface area (Å²) in [6, 6.07) is -0.636. The zero-order valence-corrected chi connectivity index (χ0v) is 9.77. The Morgan fingerprint density at radius 3 is 2.44 bits per heavy atom. The van der Waals surface area contributed by atoms with Crippen LogP contribution in [0, 0.1) is 12.8 Å². The molecular weight excluding hydrogens is 206 g/mol. The molecule has 0 fully saturated rings. The van der Waals surface area contributed by atoms with E-state index in [2.05, 4.69) is 15.3 Å². The maximum Gasteiger partial charge on any atom is 0.326 e. The molecule has 0 aromatic carbocycles. The van der Waals surface area contributed by atoms with Crippen LogP contribution in [0.1, 0.15) is 25.8 Å². The second-order valence-electron chi connectivity index (χ2n) is 4.25. The number of hydrogen-bond donors (Lipinski definition) is 2. The van der Waals surface area contributed by atoms with E-state index < -0.39 is 12.0 Å². The predicted molar refractivity (Wildman–Crippen MR) is 61.3 cm³/mol. The smallest absolute Gasteiger partial charge is 0.326 e. The molecule has 16 heavy (non-hydrogen) atoms. The fraction of sp³-hybridized carbons (Fsp3) is 0.545. The normalized spacial score (nSPS) is 12.5. The van der Waals surface area contributed by atoms with E-state index in [9.17, 15) is 4.79 Å². The summed E-state index contributed by atoms with van der Waals surface area (Å²) >= 11 is 0. The molecular formula is C11H17N3O2. The van der Waals surface area contributed by atoms with E-state index in [-0.39, 0.29) is 0 Å². The Morgan fingerprint density at radius 2 is 2.00 bits per heavy atom. The van der Waals surface area contributed by atoms with Gasteiger partial charge in [0.2, 0.25) is 5.95 Å². The molecule has 0 unspecified atom stereocenters. The van der Waals surface area contributed by atoms with Gasteiger partial charge in [0, 0.05) is 12.4 Å². The quantitative estimate of drug-likeness (QED) is 0.794. The Balaban J connectivity index is 2.68. The van der Waals surface area contributed by atoms with Gasteiger partial charge >= 0.3 is 5.97 Å². The number of carboxylic acid groups (broad SMARTS) is 1. The van der Waals surface area contributed by atoms with E-state index >= 15 is 0 Å². The van der Waals surface area contributed by atoms with Crippen molar-refractivity contribution in [2.24, 2.45) is 5.92 Å². The third-order valence-corrected chi connectivity index (χ3v) is 2.09. The minimum absolute atomic E-state index is 0.305. The molecule has 0 aliphatic rings. The molecule has 0 aliphatic carbocycles. The van der Waals surface area contributed by atoms with E-state index in [0.717, 1.165) is 5.56 Å². The highest BCUT2D eigenvalue weighted by atomic mass is 16.4. The molecule has 2 N–H and O–H groups in total. The first-order valence-electron chi connectivity index (χ1n) is 5.27. The lowest BCUT2D eigenvalue weighted by molar-refractivity contribution is -0.138. The first-order chi connectivity index (χ1) is 7.49. The van der Waals surface area contributed by atoms with E-state index in [1.54, 1.807) is 12.4 Å². The average Bonchev–Trinajstić information content (AvgIpc) is 2.19. The number of aromatic nitrogens is 2. The zero-order valence-electron chi connectivity index (χ0n) is 9.77. The van der Waals surface area contributed by atoms with Crippen molar-refractivity contribution < 1.29 is 9.90 Å². The standard InChI is InChI=1S/C11H17N3O2/c1-7(2)4-9(10(15)16)14-11-12-5-8(3)6-13-11/h5-7,9H,4H2,1-3H3,(H,15,16)(H,12,13,14)/t9-/m1/s1. The van der Waals surface area contributed by atoms with Crippen LogP contribution in [-0.4, -0.2) is 27.1 Å². The minimum Gasteiger partial charge on any atom is -0.480 e. The second-order valence-corrected chi connectivity index (χ2v) is 4.25. The number of aliphatic carboxylic acids is 1. The molecule has 1 aromatic rings. The van der Waals surface area contributed by atoms with Gasteiger partial charge in [-0.1, -0.05) is 13.8 Å². The molecule has 0 amide bonds. The monoisotopic (exact) mass is 223 g/mol. The van der Waals surface area contributed by atoms with Gasteiger partial charge in [0.15, 0.2) is 0 Å². The van der Waals surface area contributed by atoms with Crippen LogP contribution >= 0.6 is 0 Å². The highest BCUT2D eigenvalue weighted by Crippen LogP contribution is 2.09. The lowest BCUT2D eigenvalue weighted by Gasteiger charge is -2.16. The minimum atomic E-state index is -0.877. The summed E-state index contributed by atoms with van der Waals surface area (Å²) < 4.78 is 0. The first-order valence-corrected chi connectivity index (χ1v) is 5.27. The highest BCUT2D eigenvalue weighted by molar-refractivity contribution is 5.76. The van der Waals surface area contributed by atoms with Gasteiger partial charge in [-0.05, 0) is 24.8 Å². The van der Waals surface area contributed by atoms with Gasteiger partial charge < -0.3 is 10.4 Å². The maximum atomic E-state index is 11.0. The zero-order chi connectivity index (χ0) is 12.1. The Hall–Kier alpha value is -1.65. The highest BCUT2D eigenvalue weighted by Gasteiger charge is 2.19. The molecule has 0 saturated carbocycles. The van der Waals surface area contributed by atoms with Gasteiger partial charge in [0.05, 0.1) is 0 Å². The number of carbonyl (C=O) groups is 1. The van der Waals surface area contributed by atoms with Crippen molar-refractivity contribution in [3.8, 4) is 0 Å². The Labute approximate surface area is 94.9 Å². The largest absolute Gasteiger partial charge is 0.480 e. The number of hydrogen-bond acceptors (Lipinski definition) is 4. The molecule has 0 radical (unpaired) electrons. The number of carboxylic acids is 1. The summed E-state index contributed by atoms with van der Waals surface area (Å²) in [6.07, 6.45) is 3.86. The van der Waals surface area contributed by atoms with Gasteiger partial charge in [-0.3, -0.25) is 0 Å². The number of aryl methyl sites for hydroxylation is 1. The third-order valence-electron chi connectivity index (χ3n) is 2.09. The third kappa shape index (κ3) is 3.84. The molecule has 1 atom stereocenters. The first kappa shape index (κ1) is 12.4. The molecule has 0 aliphatic heterocycles. The fourth-order valence-corrected chi connectivity index (χ4v) is 1.32. The molecule has 1 aromatic heterocycles. The van der Waals surface area contributed by atoms with Crippen molar-refractivity contribution in [1.82, 2.24) is 9.97 Å². The molecule has 5 heteroatoms. The molecule has 88 valence electrons. The molecule has 0 saturated heterocycles. The summed E-state index contributed by atoms with van der Waals surface area (Å²) in [4.78, 5) is 19.0. The van der Waals surface area contributed by atoms with Crippen molar-refractivity contribution in [3.05, 3.63) is 18.0 Å². The summed E-state index contributed by atoms with van der Waals surface area (Å²) in [5.74, 6) is -0.212. The Morgan fingerprint density at radius 1 is 1.44 bits per heavy atom. The summed E-state index contributed by atoms with van der Waals surface area (Å²) in [7, 11) is 0. The topological polar surface area (TPSA) is 75.1 Å². The van der Waals surface area contributed by atoms with E-state index in [1.165, 1.54) is 0 Å². The summed E-state index contributed by atoms with van der Waals surface area (Å²) in [5, 5.41) is 11.8. The predicted octanol–water partition coefficient (Wildman–Crippen LogP) is 1.70. The van der Waals surface area contributed by atoms with Crippen molar-refractivity contribution in [2.45, 2.75) is 33.2 Å². The number of nitrogens with one attached hydrogen (secondary N) is 1. The lowest BCUT2D eigenvalue weighted by atomic mass is 10.0. The molecule has 1 heterocycles. The van der Waals surface area contributed by atoms with E-state index in [1.807, 2.05) is 20.8 Å². The van der Waals surface area contributed by atoms with Crippen molar-refractivity contribution in [3.63, 3.8) is 0 Å². The van der Waals surface area contributed by atoms with Gasteiger partial charge in [-0.15, -0.1) is 0 Å². The summed E-state index contributed by atoms with van der Waals surface area (Å²) in [5.41, 5.74) is 0.946. The molecule has 5 nitrogen and oxygen atoms in total. The van der Waals surface area contributed by atoms with E-state index in [4.69, 9.17) is 5.11 Å². The van der Waals surface area contributed by atoms with Crippen molar-refractivity contribution >= 4 is 11.9 Å². The Kier molecular flexibility index (Phi) is 4.22. The van der Waals surface area contributed by atoms with Crippen LogP contribution in [0.25, 0.3) is 0 Å². The molecule has 0 spiro atoms. The average molecular weight is 223 g/mol. The maximum absolute atomic E-state index is 11.0. The van der Waals surface area contributed by atoms with Crippen LogP contribution in [0.4, 0.5) is 5.95 Å². The molecule has 1 rings (SSSR count).